The molecule has 4 nitrogen and oxygen atoms in total. The van der Waals surface area contributed by atoms with Gasteiger partial charge in [-0.25, -0.2) is 0 Å². The molecule has 138 valence electrons. The van der Waals surface area contributed by atoms with Gasteiger partial charge in [0.25, 0.3) is 0 Å². The number of hydrogen-bond donors (Lipinski definition) is 2. The van der Waals surface area contributed by atoms with Gasteiger partial charge in [-0.3, -0.25) is 4.79 Å². The predicted octanol–water partition coefficient (Wildman–Crippen LogP) is 2.39. The first-order valence-electron chi connectivity index (χ1n) is 9.79. The fourth-order valence-corrected chi connectivity index (χ4v) is 4.23. The Hall–Kier alpha value is -1.39. The van der Waals surface area contributed by atoms with Crippen molar-refractivity contribution in [1.82, 2.24) is 10.2 Å². The van der Waals surface area contributed by atoms with Crippen molar-refractivity contribution in [2.45, 2.75) is 58.0 Å². The van der Waals surface area contributed by atoms with Gasteiger partial charge in [-0.15, -0.1) is 0 Å². The van der Waals surface area contributed by atoms with Crippen LogP contribution in [-0.2, 0) is 17.6 Å². The fraction of sp³-hybridized carbons (Fsp3) is 0.667. The number of benzene rings is 1. The second kappa shape index (κ2) is 8.33. The number of piperidine rings is 1. The smallest absolute Gasteiger partial charge is 0.239 e. The molecule has 1 amide bonds. The number of amides is 1. The highest BCUT2D eigenvalue weighted by atomic mass is 16.3. The summed E-state index contributed by atoms with van der Waals surface area (Å²) in [5.74, 6) is 1.10. The number of hydrogen-bond acceptors (Lipinski definition) is 3. The topological polar surface area (TPSA) is 52.6 Å². The number of rotatable bonds is 6. The van der Waals surface area contributed by atoms with Crippen LogP contribution in [-0.4, -0.2) is 47.7 Å². The van der Waals surface area contributed by atoms with E-state index in [1.807, 2.05) is 4.90 Å². The summed E-state index contributed by atoms with van der Waals surface area (Å²) in [5, 5.41) is 13.0. The van der Waals surface area contributed by atoms with Crippen LogP contribution in [0.5, 0.6) is 0 Å². The van der Waals surface area contributed by atoms with Crippen LogP contribution in [0.1, 0.15) is 44.2 Å². The fourth-order valence-electron chi connectivity index (χ4n) is 4.23. The van der Waals surface area contributed by atoms with Gasteiger partial charge in [0.15, 0.2) is 0 Å². The Kier molecular flexibility index (Phi) is 6.13. The summed E-state index contributed by atoms with van der Waals surface area (Å²) in [6, 6.07) is 8.88. The minimum atomic E-state index is -0.0926. The molecule has 4 heteroatoms. The molecule has 0 aromatic heterocycles. The average Bonchev–Trinajstić information content (AvgIpc) is 3.02. The standard InChI is InChI=1S/C21H32N2O2/c1-15(2)11-20(21(25)23-9-7-16(14-24)8-10-23)22-19-12-17-5-3-4-6-18(17)13-19/h3-6,15-16,19-20,22,24H,7-14H2,1-2H3. The van der Waals surface area contributed by atoms with E-state index in [1.165, 1.54) is 11.1 Å². The highest BCUT2D eigenvalue weighted by Gasteiger charge is 2.31. The third-order valence-electron chi connectivity index (χ3n) is 5.68. The van der Waals surface area contributed by atoms with E-state index in [2.05, 4.69) is 43.4 Å². The van der Waals surface area contributed by atoms with Crippen LogP contribution in [0.2, 0.25) is 0 Å². The largest absolute Gasteiger partial charge is 0.396 e. The quantitative estimate of drug-likeness (QED) is 0.833. The van der Waals surface area contributed by atoms with Crippen LogP contribution in [0.15, 0.2) is 24.3 Å². The molecule has 1 atom stereocenters. The molecule has 1 saturated heterocycles. The molecule has 2 aliphatic rings. The molecule has 1 heterocycles. The number of aliphatic hydroxyl groups excluding tert-OH is 1. The molecule has 0 saturated carbocycles. The first-order valence-corrected chi connectivity index (χ1v) is 9.79. The third kappa shape index (κ3) is 4.62. The maximum atomic E-state index is 13.1. The van der Waals surface area contributed by atoms with Gasteiger partial charge in [0.1, 0.15) is 0 Å². The van der Waals surface area contributed by atoms with Gasteiger partial charge >= 0.3 is 0 Å². The second-order valence-corrected chi connectivity index (χ2v) is 8.17. The van der Waals surface area contributed by atoms with Crippen molar-refractivity contribution in [2.24, 2.45) is 11.8 Å². The van der Waals surface area contributed by atoms with Crippen molar-refractivity contribution in [3.63, 3.8) is 0 Å². The zero-order valence-electron chi connectivity index (χ0n) is 15.6. The zero-order valence-corrected chi connectivity index (χ0v) is 15.6. The van der Waals surface area contributed by atoms with Gasteiger partial charge in [0.05, 0.1) is 6.04 Å². The number of likely N-dealkylation sites (tertiary alicyclic amines) is 1. The second-order valence-electron chi connectivity index (χ2n) is 8.17. The number of nitrogens with one attached hydrogen (secondary N) is 1. The molecule has 1 aliphatic carbocycles. The maximum Gasteiger partial charge on any atom is 0.239 e. The van der Waals surface area contributed by atoms with Crippen LogP contribution >= 0.6 is 0 Å². The minimum Gasteiger partial charge on any atom is -0.396 e. The molecule has 25 heavy (non-hydrogen) atoms. The van der Waals surface area contributed by atoms with Gasteiger partial charge < -0.3 is 15.3 Å². The molecule has 0 bridgehead atoms. The van der Waals surface area contributed by atoms with Crippen molar-refractivity contribution in [2.75, 3.05) is 19.7 Å². The Morgan fingerprint density at radius 3 is 2.32 bits per heavy atom. The average molecular weight is 344 g/mol. The van der Waals surface area contributed by atoms with Crippen molar-refractivity contribution >= 4 is 5.91 Å². The van der Waals surface area contributed by atoms with Crippen LogP contribution < -0.4 is 5.32 Å². The lowest BCUT2D eigenvalue weighted by Crippen LogP contribution is -2.52. The Bertz CT molecular complexity index is 554. The van der Waals surface area contributed by atoms with Gasteiger partial charge in [-0.2, -0.15) is 0 Å². The normalized spacial score (nSPS) is 20.1. The molecule has 0 spiro atoms. The molecular weight excluding hydrogens is 312 g/mol. The summed E-state index contributed by atoms with van der Waals surface area (Å²) >= 11 is 0. The van der Waals surface area contributed by atoms with E-state index in [-0.39, 0.29) is 18.6 Å². The summed E-state index contributed by atoms with van der Waals surface area (Å²) in [6.07, 6.45) is 4.76. The monoisotopic (exact) mass is 344 g/mol. The van der Waals surface area contributed by atoms with Crippen LogP contribution in [0.4, 0.5) is 0 Å². The molecular formula is C21H32N2O2. The van der Waals surface area contributed by atoms with Crippen molar-refractivity contribution in [3.05, 3.63) is 35.4 Å². The summed E-state index contributed by atoms with van der Waals surface area (Å²) < 4.78 is 0. The van der Waals surface area contributed by atoms with Crippen LogP contribution in [0.3, 0.4) is 0 Å². The summed E-state index contributed by atoms with van der Waals surface area (Å²) in [5.41, 5.74) is 2.83. The molecule has 3 rings (SSSR count). The lowest BCUT2D eigenvalue weighted by Gasteiger charge is -2.35. The number of nitrogens with zero attached hydrogens (tertiary/aromatic N) is 1. The highest BCUT2D eigenvalue weighted by molar-refractivity contribution is 5.82. The molecule has 1 aromatic rings. The van der Waals surface area contributed by atoms with Gasteiger partial charge in [0, 0.05) is 25.7 Å². The Balaban J connectivity index is 1.61. The summed E-state index contributed by atoms with van der Waals surface area (Å²) in [4.78, 5) is 15.1. The maximum absolute atomic E-state index is 13.1. The molecule has 0 radical (unpaired) electrons. The van der Waals surface area contributed by atoms with Crippen LogP contribution in [0.25, 0.3) is 0 Å². The SMILES string of the molecule is CC(C)CC(NC1Cc2ccccc2C1)C(=O)N1CCC(CO)CC1. The van der Waals surface area contributed by atoms with Crippen molar-refractivity contribution in [1.29, 1.82) is 0 Å². The molecule has 1 aliphatic heterocycles. The minimum absolute atomic E-state index is 0.0926. The molecule has 1 unspecified atom stereocenters. The summed E-state index contributed by atoms with van der Waals surface area (Å²) in [7, 11) is 0. The van der Waals surface area contributed by atoms with Crippen molar-refractivity contribution in [3.8, 4) is 0 Å². The van der Waals surface area contributed by atoms with Crippen molar-refractivity contribution < 1.29 is 9.90 Å². The number of fused-ring (bicyclic) bond motifs is 1. The number of carbonyl (C=O) groups excluding carboxylic acids is 1. The molecule has 1 aromatic carbocycles. The number of carbonyl (C=O) groups is 1. The van der Waals surface area contributed by atoms with E-state index in [1.54, 1.807) is 0 Å². The molecule has 2 N–H and O–H groups in total. The van der Waals surface area contributed by atoms with E-state index in [0.29, 0.717) is 17.9 Å². The lowest BCUT2D eigenvalue weighted by molar-refractivity contribution is -0.135. The van der Waals surface area contributed by atoms with Gasteiger partial charge in [-0.1, -0.05) is 38.1 Å². The first-order chi connectivity index (χ1) is 12.1. The van der Waals surface area contributed by atoms with E-state index in [0.717, 1.165) is 45.2 Å². The van der Waals surface area contributed by atoms with Gasteiger partial charge in [0.2, 0.25) is 5.91 Å². The van der Waals surface area contributed by atoms with E-state index < -0.39 is 0 Å². The van der Waals surface area contributed by atoms with E-state index >= 15 is 0 Å². The van der Waals surface area contributed by atoms with Gasteiger partial charge in [-0.05, 0) is 55.1 Å². The Morgan fingerprint density at radius 1 is 1.20 bits per heavy atom. The third-order valence-corrected chi connectivity index (χ3v) is 5.68. The Morgan fingerprint density at radius 2 is 1.80 bits per heavy atom. The Labute approximate surface area is 151 Å². The zero-order chi connectivity index (χ0) is 17.8. The van der Waals surface area contributed by atoms with Crippen LogP contribution in [0, 0.1) is 11.8 Å². The highest BCUT2D eigenvalue weighted by Crippen LogP contribution is 2.24. The van der Waals surface area contributed by atoms with E-state index in [9.17, 15) is 9.90 Å². The first kappa shape index (κ1) is 18.4. The molecule has 1 fully saturated rings. The lowest BCUT2D eigenvalue weighted by atomic mass is 9.95. The predicted molar refractivity (Wildman–Crippen MR) is 100 cm³/mol. The summed E-state index contributed by atoms with van der Waals surface area (Å²) in [6.45, 7) is 6.18. The van der Waals surface area contributed by atoms with E-state index in [4.69, 9.17) is 0 Å². The number of aliphatic hydroxyl groups is 1.